The lowest BCUT2D eigenvalue weighted by atomic mass is 9.92. The van der Waals surface area contributed by atoms with Crippen LogP contribution in [0.25, 0.3) is 0 Å². The summed E-state index contributed by atoms with van der Waals surface area (Å²) < 4.78 is 6.19. The molecule has 5 nitrogen and oxygen atoms in total. The third kappa shape index (κ3) is 3.55. The molecule has 4 rings (SSSR count). The Kier molecular flexibility index (Phi) is 4.48. The van der Waals surface area contributed by atoms with Crippen LogP contribution in [0.3, 0.4) is 0 Å². The molecule has 0 radical (unpaired) electrons. The summed E-state index contributed by atoms with van der Waals surface area (Å²) in [5.74, 6) is 1.07. The molecular formula is C19H21N3O2S. The average molecular weight is 355 g/mol. The van der Waals surface area contributed by atoms with Crippen molar-refractivity contribution >= 4 is 17.7 Å². The topological polar surface area (TPSA) is 55.3 Å². The maximum Gasteiger partial charge on any atom is 0.255 e. The zero-order valence-corrected chi connectivity index (χ0v) is 15.0. The fraction of sp³-hybridized carbons (Fsp3) is 0.421. The van der Waals surface area contributed by atoms with Crippen molar-refractivity contribution in [1.82, 2.24) is 14.9 Å². The Labute approximate surface area is 151 Å². The Hall–Kier alpha value is -1.92. The quantitative estimate of drug-likeness (QED) is 0.844. The van der Waals surface area contributed by atoms with Gasteiger partial charge in [-0.05, 0) is 37.6 Å². The van der Waals surface area contributed by atoms with Crippen molar-refractivity contribution in [2.24, 2.45) is 0 Å². The van der Waals surface area contributed by atoms with Gasteiger partial charge in [-0.1, -0.05) is 6.07 Å². The summed E-state index contributed by atoms with van der Waals surface area (Å²) in [7, 11) is 0. The molecule has 1 spiro atoms. The summed E-state index contributed by atoms with van der Waals surface area (Å²) in [6.07, 6.45) is 4.70. The highest BCUT2D eigenvalue weighted by Gasteiger charge is 2.51. The number of thioether (sulfide) groups is 1. The number of carbonyl (C=O) groups is 1. The van der Waals surface area contributed by atoms with Gasteiger partial charge in [-0.3, -0.25) is 14.8 Å². The highest BCUT2D eigenvalue weighted by molar-refractivity contribution is 8.01. The third-order valence-electron chi connectivity index (χ3n) is 4.77. The van der Waals surface area contributed by atoms with Gasteiger partial charge in [0.25, 0.3) is 5.91 Å². The van der Waals surface area contributed by atoms with Gasteiger partial charge in [0.2, 0.25) is 0 Å². The van der Waals surface area contributed by atoms with Gasteiger partial charge in [0.1, 0.15) is 0 Å². The molecule has 2 aliphatic heterocycles. The Morgan fingerprint density at radius 2 is 2.20 bits per heavy atom. The first-order valence-corrected chi connectivity index (χ1v) is 9.50. The predicted molar refractivity (Wildman–Crippen MR) is 97.5 cm³/mol. The third-order valence-corrected chi connectivity index (χ3v) is 6.35. The molecule has 0 aromatic carbocycles. The molecule has 0 bridgehead atoms. The minimum atomic E-state index is 0.0802. The maximum absolute atomic E-state index is 12.5. The van der Waals surface area contributed by atoms with Gasteiger partial charge in [0, 0.05) is 36.9 Å². The lowest BCUT2D eigenvalue weighted by Gasteiger charge is -2.47. The second-order valence-electron chi connectivity index (χ2n) is 6.80. The molecule has 130 valence electrons. The van der Waals surface area contributed by atoms with Crippen LogP contribution in [0.15, 0.2) is 42.7 Å². The lowest BCUT2D eigenvalue weighted by molar-refractivity contribution is 0.0245. The number of carbonyl (C=O) groups excluding carboxylic acids is 1. The van der Waals surface area contributed by atoms with Gasteiger partial charge in [0.05, 0.1) is 28.7 Å². The highest BCUT2D eigenvalue weighted by atomic mass is 32.2. The normalized spacial score (nSPS) is 21.3. The summed E-state index contributed by atoms with van der Waals surface area (Å²) in [5.41, 5.74) is 2.56. The monoisotopic (exact) mass is 355 g/mol. The lowest BCUT2D eigenvalue weighted by Crippen LogP contribution is -2.60. The van der Waals surface area contributed by atoms with Gasteiger partial charge < -0.3 is 9.64 Å². The average Bonchev–Trinajstić information content (AvgIpc) is 3.04. The summed E-state index contributed by atoms with van der Waals surface area (Å²) in [6, 6.07) is 9.61. The summed E-state index contributed by atoms with van der Waals surface area (Å²) in [4.78, 5) is 22.9. The van der Waals surface area contributed by atoms with E-state index in [-0.39, 0.29) is 16.8 Å². The SMILES string of the molecule is Cc1ccc(C(=O)N2CC3(C[C@@H](OCc4ccccn4)CS3)C2)cn1. The fourth-order valence-corrected chi connectivity index (χ4v) is 4.94. The number of amides is 1. The zero-order valence-electron chi connectivity index (χ0n) is 14.2. The summed E-state index contributed by atoms with van der Waals surface area (Å²) >= 11 is 1.94. The standard InChI is InChI=1S/C19H21N3O2S/c1-14-5-6-15(9-21-14)18(23)22-12-19(13-22)8-17(11-25-19)24-10-16-4-2-3-7-20-16/h2-7,9,17H,8,10-13H2,1H3/t17-/m1/s1. The minimum Gasteiger partial charge on any atom is -0.371 e. The number of aromatic nitrogens is 2. The van der Waals surface area contributed by atoms with Crippen molar-refractivity contribution in [1.29, 1.82) is 0 Å². The van der Waals surface area contributed by atoms with Crippen LogP contribution in [-0.2, 0) is 11.3 Å². The number of nitrogens with zero attached hydrogens (tertiary/aromatic N) is 3. The number of aryl methyl sites for hydroxylation is 1. The van der Waals surface area contributed by atoms with E-state index in [2.05, 4.69) is 9.97 Å². The van der Waals surface area contributed by atoms with E-state index in [1.54, 1.807) is 12.4 Å². The minimum absolute atomic E-state index is 0.0802. The molecule has 0 aliphatic carbocycles. The van der Waals surface area contributed by atoms with Crippen molar-refractivity contribution in [2.75, 3.05) is 18.8 Å². The molecule has 2 fully saturated rings. The van der Waals surface area contributed by atoms with E-state index < -0.39 is 0 Å². The van der Waals surface area contributed by atoms with Crippen LogP contribution in [0, 0.1) is 6.92 Å². The zero-order chi connectivity index (χ0) is 17.3. The van der Waals surface area contributed by atoms with Crippen LogP contribution in [0.4, 0.5) is 0 Å². The van der Waals surface area contributed by atoms with Gasteiger partial charge in [-0.2, -0.15) is 0 Å². The molecule has 4 heterocycles. The van der Waals surface area contributed by atoms with E-state index >= 15 is 0 Å². The Bertz CT molecular complexity index is 745. The molecule has 2 aromatic heterocycles. The molecule has 2 aromatic rings. The number of hydrogen-bond acceptors (Lipinski definition) is 5. The van der Waals surface area contributed by atoms with E-state index in [4.69, 9.17) is 4.74 Å². The van der Waals surface area contributed by atoms with E-state index in [9.17, 15) is 4.79 Å². The largest absolute Gasteiger partial charge is 0.371 e. The Morgan fingerprint density at radius 3 is 2.92 bits per heavy atom. The molecule has 2 aliphatic rings. The maximum atomic E-state index is 12.5. The van der Waals surface area contributed by atoms with Gasteiger partial charge in [0.15, 0.2) is 0 Å². The fourth-order valence-electron chi connectivity index (χ4n) is 3.39. The first-order valence-electron chi connectivity index (χ1n) is 8.51. The van der Waals surface area contributed by atoms with E-state index in [0.717, 1.165) is 36.7 Å². The summed E-state index contributed by atoms with van der Waals surface area (Å²) in [6.45, 7) is 4.08. The molecule has 25 heavy (non-hydrogen) atoms. The predicted octanol–water partition coefficient (Wildman–Crippen LogP) is 2.70. The van der Waals surface area contributed by atoms with Crippen molar-refractivity contribution in [2.45, 2.75) is 30.8 Å². The van der Waals surface area contributed by atoms with Crippen LogP contribution < -0.4 is 0 Å². The van der Waals surface area contributed by atoms with Crippen molar-refractivity contribution in [3.8, 4) is 0 Å². The molecule has 1 amide bonds. The molecule has 1 atom stereocenters. The number of pyridine rings is 2. The second kappa shape index (κ2) is 6.77. The first kappa shape index (κ1) is 16.5. The molecule has 2 saturated heterocycles. The van der Waals surface area contributed by atoms with Crippen LogP contribution >= 0.6 is 11.8 Å². The number of hydrogen-bond donors (Lipinski definition) is 0. The van der Waals surface area contributed by atoms with Crippen molar-refractivity contribution in [3.63, 3.8) is 0 Å². The number of likely N-dealkylation sites (tertiary alicyclic amines) is 1. The van der Waals surface area contributed by atoms with Crippen LogP contribution in [0.2, 0.25) is 0 Å². The highest BCUT2D eigenvalue weighted by Crippen LogP contribution is 2.46. The van der Waals surface area contributed by atoms with Gasteiger partial charge >= 0.3 is 0 Å². The summed E-state index contributed by atoms with van der Waals surface area (Å²) in [5, 5.41) is 0. The first-order chi connectivity index (χ1) is 12.1. The van der Waals surface area contributed by atoms with E-state index in [1.165, 1.54) is 0 Å². The Balaban J connectivity index is 1.28. The van der Waals surface area contributed by atoms with Crippen LogP contribution in [0.5, 0.6) is 0 Å². The molecule has 0 N–H and O–H groups in total. The number of ether oxygens (including phenoxy) is 1. The Morgan fingerprint density at radius 1 is 1.32 bits per heavy atom. The molecule has 0 unspecified atom stereocenters. The van der Waals surface area contributed by atoms with Crippen molar-refractivity contribution in [3.05, 3.63) is 59.7 Å². The van der Waals surface area contributed by atoms with Crippen molar-refractivity contribution < 1.29 is 9.53 Å². The molecule has 0 saturated carbocycles. The molecular weight excluding hydrogens is 334 g/mol. The van der Waals surface area contributed by atoms with E-state index in [1.807, 2.05) is 53.9 Å². The smallest absolute Gasteiger partial charge is 0.255 e. The number of rotatable bonds is 4. The van der Waals surface area contributed by atoms with Gasteiger partial charge in [-0.25, -0.2) is 0 Å². The second-order valence-corrected chi connectivity index (χ2v) is 8.29. The molecule has 6 heteroatoms. The van der Waals surface area contributed by atoms with Crippen LogP contribution in [-0.4, -0.2) is 50.5 Å². The van der Waals surface area contributed by atoms with Gasteiger partial charge in [-0.15, -0.1) is 11.8 Å². The van der Waals surface area contributed by atoms with E-state index in [0.29, 0.717) is 12.2 Å². The van der Waals surface area contributed by atoms with Crippen LogP contribution in [0.1, 0.15) is 28.2 Å².